The van der Waals surface area contributed by atoms with E-state index in [4.69, 9.17) is 25.5 Å². The van der Waals surface area contributed by atoms with E-state index in [2.05, 4.69) is 0 Å². The Kier molecular flexibility index (Phi) is 6.33. The summed E-state index contributed by atoms with van der Waals surface area (Å²) >= 11 is 6.46. The standard InChI is InChI=1S/C25H20ClNO6/c1-15-19-12-21(26)24(32-14-17-11-18(27(29)30)8-9-22(17)31-2)13-23(19)33-25(28)20(15)10-16-6-4-3-5-7-16/h3-9,11-13H,10,14H2,1-2H3. The summed E-state index contributed by atoms with van der Waals surface area (Å²) in [6.45, 7) is 1.84. The summed E-state index contributed by atoms with van der Waals surface area (Å²) in [7, 11) is 1.47. The first-order valence-corrected chi connectivity index (χ1v) is 10.5. The SMILES string of the molecule is COc1ccc([N+](=O)[O-])cc1COc1cc2oc(=O)c(Cc3ccccc3)c(C)c2cc1Cl. The zero-order chi connectivity index (χ0) is 23.5. The minimum Gasteiger partial charge on any atom is -0.496 e. The molecule has 33 heavy (non-hydrogen) atoms. The summed E-state index contributed by atoms with van der Waals surface area (Å²) in [5.74, 6) is 0.738. The molecule has 0 N–H and O–H groups in total. The Morgan fingerprint density at radius 3 is 2.52 bits per heavy atom. The van der Waals surface area contributed by atoms with Crippen molar-refractivity contribution in [3.63, 3.8) is 0 Å². The normalized spacial score (nSPS) is 10.9. The molecule has 0 aliphatic rings. The monoisotopic (exact) mass is 465 g/mol. The van der Waals surface area contributed by atoms with Crippen molar-refractivity contribution in [3.05, 3.63) is 108 Å². The topological polar surface area (TPSA) is 91.8 Å². The van der Waals surface area contributed by atoms with Crippen LogP contribution in [-0.4, -0.2) is 12.0 Å². The zero-order valence-electron chi connectivity index (χ0n) is 18.0. The second kappa shape index (κ2) is 9.34. The third kappa shape index (κ3) is 4.68. The number of non-ortho nitro benzene ring substituents is 1. The Hall–Kier alpha value is -3.84. The van der Waals surface area contributed by atoms with Gasteiger partial charge >= 0.3 is 5.63 Å². The molecule has 0 spiro atoms. The highest BCUT2D eigenvalue weighted by molar-refractivity contribution is 6.32. The number of aryl methyl sites for hydroxylation is 1. The molecule has 0 unspecified atom stereocenters. The maximum absolute atomic E-state index is 12.7. The van der Waals surface area contributed by atoms with Crippen LogP contribution in [0, 0.1) is 17.0 Å². The Bertz CT molecular complexity index is 1400. The highest BCUT2D eigenvalue weighted by Crippen LogP contribution is 2.34. The maximum atomic E-state index is 12.7. The van der Waals surface area contributed by atoms with Gasteiger partial charge < -0.3 is 13.9 Å². The van der Waals surface area contributed by atoms with Gasteiger partial charge in [0.05, 0.1) is 17.1 Å². The zero-order valence-corrected chi connectivity index (χ0v) is 18.7. The number of nitro benzene ring substituents is 1. The molecule has 1 aromatic heterocycles. The minimum absolute atomic E-state index is 0.0224. The van der Waals surface area contributed by atoms with Gasteiger partial charge in [0, 0.05) is 41.1 Å². The van der Waals surface area contributed by atoms with Gasteiger partial charge in [-0.1, -0.05) is 41.9 Å². The highest BCUT2D eigenvalue weighted by Gasteiger charge is 2.16. The van der Waals surface area contributed by atoms with E-state index in [9.17, 15) is 14.9 Å². The van der Waals surface area contributed by atoms with Gasteiger partial charge in [-0.05, 0) is 30.2 Å². The number of nitro groups is 1. The van der Waals surface area contributed by atoms with Crippen molar-refractivity contribution in [2.45, 2.75) is 20.0 Å². The summed E-state index contributed by atoms with van der Waals surface area (Å²) in [5, 5.41) is 12.1. The first kappa shape index (κ1) is 22.4. The molecule has 8 heteroatoms. The second-order valence-electron chi connectivity index (χ2n) is 7.48. The molecule has 0 aliphatic heterocycles. The first-order chi connectivity index (χ1) is 15.9. The van der Waals surface area contributed by atoms with Crippen LogP contribution in [0.4, 0.5) is 5.69 Å². The van der Waals surface area contributed by atoms with Crippen LogP contribution in [-0.2, 0) is 13.0 Å². The number of nitrogens with zero attached hydrogens (tertiary/aromatic N) is 1. The van der Waals surface area contributed by atoms with E-state index in [1.54, 1.807) is 12.1 Å². The number of rotatable bonds is 7. The summed E-state index contributed by atoms with van der Waals surface area (Å²) in [6.07, 6.45) is 0.452. The lowest BCUT2D eigenvalue weighted by Crippen LogP contribution is -2.11. The third-order valence-electron chi connectivity index (χ3n) is 5.42. The van der Waals surface area contributed by atoms with E-state index in [1.165, 1.54) is 25.3 Å². The number of halogens is 1. The highest BCUT2D eigenvalue weighted by atomic mass is 35.5. The molecule has 0 bridgehead atoms. The van der Waals surface area contributed by atoms with Crippen LogP contribution in [0.15, 0.2) is 69.9 Å². The van der Waals surface area contributed by atoms with Crippen molar-refractivity contribution < 1.29 is 18.8 Å². The summed E-state index contributed by atoms with van der Waals surface area (Å²) in [6, 6.07) is 17.2. The molecule has 0 saturated heterocycles. The number of fused-ring (bicyclic) bond motifs is 1. The molecular formula is C25H20ClNO6. The predicted molar refractivity (Wildman–Crippen MR) is 125 cm³/mol. The van der Waals surface area contributed by atoms with Gasteiger partial charge in [-0.15, -0.1) is 0 Å². The Balaban J connectivity index is 1.66. The van der Waals surface area contributed by atoms with E-state index in [1.807, 2.05) is 37.3 Å². The average molecular weight is 466 g/mol. The summed E-state index contributed by atoms with van der Waals surface area (Å²) in [4.78, 5) is 23.3. The molecule has 4 aromatic rings. The van der Waals surface area contributed by atoms with E-state index >= 15 is 0 Å². The van der Waals surface area contributed by atoms with Crippen LogP contribution >= 0.6 is 11.6 Å². The van der Waals surface area contributed by atoms with Gasteiger partial charge in [-0.25, -0.2) is 4.79 Å². The van der Waals surface area contributed by atoms with Crippen molar-refractivity contribution in [2.75, 3.05) is 7.11 Å². The molecule has 0 atom stereocenters. The van der Waals surface area contributed by atoms with Gasteiger partial charge in [0.15, 0.2) is 0 Å². The predicted octanol–water partition coefficient (Wildman–Crippen LogP) is 5.84. The van der Waals surface area contributed by atoms with Crippen molar-refractivity contribution in [3.8, 4) is 11.5 Å². The fourth-order valence-corrected chi connectivity index (χ4v) is 3.87. The Labute approximate surface area is 194 Å². The number of hydrogen-bond acceptors (Lipinski definition) is 6. The number of hydrogen-bond donors (Lipinski definition) is 0. The quantitative estimate of drug-likeness (QED) is 0.193. The second-order valence-corrected chi connectivity index (χ2v) is 7.88. The molecule has 0 aliphatic carbocycles. The van der Waals surface area contributed by atoms with Crippen LogP contribution in [0.1, 0.15) is 22.3 Å². The van der Waals surface area contributed by atoms with Gasteiger partial charge in [0.2, 0.25) is 0 Å². The smallest absolute Gasteiger partial charge is 0.340 e. The molecular weight excluding hydrogens is 446 g/mol. The number of methoxy groups -OCH3 is 1. The van der Waals surface area contributed by atoms with Gasteiger partial charge in [-0.2, -0.15) is 0 Å². The third-order valence-corrected chi connectivity index (χ3v) is 5.72. The molecule has 0 radical (unpaired) electrons. The molecule has 0 saturated carbocycles. The summed E-state index contributed by atoms with van der Waals surface area (Å²) in [5.41, 5.74) is 2.70. The van der Waals surface area contributed by atoms with Gasteiger partial charge in [-0.3, -0.25) is 10.1 Å². The van der Waals surface area contributed by atoms with Crippen LogP contribution in [0.2, 0.25) is 5.02 Å². The minimum atomic E-state index is -0.490. The molecule has 168 valence electrons. The molecule has 7 nitrogen and oxygen atoms in total. The van der Waals surface area contributed by atoms with Crippen LogP contribution < -0.4 is 15.1 Å². The van der Waals surface area contributed by atoms with Crippen LogP contribution in [0.3, 0.4) is 0 Å². The molecule has 1 heterocycles. The lowest BCUT2D eigenvalue weighted by Gasteiger charge is -2.13. The molecule has 4 rings (SSSR count). The van der Waals surface area contributed by atoms with Crippen molar-refractivity contribution in [2.24, 2.45) is 0 Å². The van der Waals surface area contributed by atoms with E-state index in [0.717, 1.165) is 11.1 Å². The largest absolute Gasteiger partial charge is 0.496 e. The average Bonchev–Trinajstić information content (AvgIpc) is 2.81. The fourth-order valence-electron chi connectivity index (χ4n) is 3.65. The molecule has 0 fully saturated rings. The lowest BCUT2D eigenvalue weighted by molar-refractivity contribution is -0.385. The molecule has 3 aromatic carbocycles. The van der Waals surface area contributed by atoms with Crippen LogP contribution in [0.25, 0.3) is 11.0 Å². The number of benzene rings is 3. The van der Waals surface area contributed by atoms with Crippen molar-refractivity contribution >= 4 is 28.3 Å². The summed E-state index contributed by atoms with van der Waals surface area (Å²) < 4.78 is 16.7. The molecule has 0 amide bonds. The van der Waals surface area contributed by atoms with Gasteiger partial charge in [0.1, 0.15) is 23.7 Å². The van der Waals surface area contributed by atoms with E-state index in [-0.39, 0.29) is 18.0 Å². The maximum Gasteiger partial charge on any atom is 0.340 e. The first-order valence-electron chi connectivity index (χ1n) is 10.1. The van der Waals surface area contributed by atoms with Gasteiger partial charge in [0.25, 0.3) is 5.69 Å². The Morgan fingerprint density at radius 2 is 1.82 bits per heavy atom. The fraction of sp³-hybridized carbons (Fsp3) is 0.160. The number of ether oxygens (including phenoxy) is 2. The van der Waals surface area contributed by atoms with Crippen molar-refractivity contribution in [1.82, 2.24) is 0 Å². The van der Waals surface area contributed by atoms with E-state index < -0.39 is 10.5 Å². The lowest BCUT2D eigenvalue weighted by atomic mass is 9.99. The van der Waals surface area contributed by atoms with Crippen molar-refractivity contribution in [1.29, 1.82) is 0 Å². The van der Waals surface area contributed by atoms with E-state index in [0.29, 0.717) is 39.3 Å². The van der Waals surface area contributed by atoms with Crippen LogP contribution in [0.5, 0.6) is 11.5 Å². The Morgan fingerprint density at radius 1 is 1.06 bits per heavy atom.